The van der Waals surface area contributed by atoms with Crippen molar-refractivity contribution in [3.05, 3.63) is 0 Å². The molecule has 0 aromatic heterocycles. The fourth-order valence-electron chi connectivity index (χ4n) is 0.421. The highest BCUT2D eigenvalue weighted by Gasteiger charge is 2.12. The highest BCUT2D eigenvalue weighted by atomic mass is 32.2. The third kappa shape index (κ3) is 5.12. The first-order valence-corrected chi connectivity index (χ1v) is 5.00. The van der Waals surface area contributed by atoms with E-state index in [2.05, 4.69) is 32.4 Å². The van der Waals surface area contributed by atoms with Gasteiger partial charge in [-0.2, -0.15) is 0 Å². The van der Waals surface area contributed by atoms with Gasteiger partial charge in [0, 0.05) is 11.3 Å². The molecule has 0 saturated carbocycles. The van der Waals surface area contributed by atoms with Crippen molar-refractivity contribution in [3.8, 4) is 0 Å². The summed E-state index contributed by atoms with van der Waals surface area (Å²) in [5.41, 5.74) is 0.305. The molecule has 0 aliphatic carbocycles. The molecule has 0 aromatic carbocycles. The molecule has 0 heterocycles. The van der Waals surface area contributed by atoms with Crippen LogP contribution in [0.3, 0.4) is 0 Å². The monoisotopic (exact) mass is 161 g/mol. The van der Waals surface area contributed by atoms with Gasteiger partial charge in [-0.05, 0) is 26.7 Å². The zero-order chi connectivity index (χ0) is 8.04. The van der Waals surface area contributed by atoms with E-state index in [0.29, 0.717) is 5.54 Å². The van der Waals surface area contributed by atoms with Crippen LogP contribution in [0.2, 0.25) is 0 Å². The molecule has 0 aliphatic rings. The van der Waals surface area contributed by atoms with E-state index in [-0.39, 0.29) is 0 Å². The molecule has 0 fully saturated rings. The van der Waals surface area contributed by atoms with Crippen LogP contribution in [0.25, 0.3) is 0 Å². The molecule has 0 aromatic rings. The zero-order valence-electron chi connectivity index (χ0n) is 7.53. The van der Waals surface area contributed by atoms with E-state index in [0.717, 1.165) is 0 Å². The van der Waals surface area contributed by atoms with Crippen molar-refractivity contribution in [2.75, 3.05) is 5.75 Å². The number of nitrogens with one attached hydrogen (secondary N) is 1. The predicted molar refractivity (Wildman–Crippen MR) is 50.3 cm³/mol. The maximum atomic E-state index is 3.43. The highest BCUT2D eigenvalue weighted by molar-refractivity contribution is 7.97. The Morgan fingerprint density at radius 1 is 1.30 bits per heavy atom. The van der Waals surface area contributed by atoms with Gasteiger partial charge >= 0.3 is 0 Å². The van der Waals surface area contributed by atoms with Crippen molar-refractivity contribution < 1.29 is 0 Å². The van der Waals surface area contributed by atoms with E-state index in [1.54, 1.807) is 0 Å². The van der Waals surface area contributed by atoms with Crippen LogP contribution < -0.4 is 4.72 Å². The minimum Gasteiger partial charge on any atom is -0.259 e. The van der Waals surface area contributed by atoms with Gasteiger partial charge in [0.2, 0.25) is 0 Å². The Kier molecular flexibility index (Phi) is 5.18. The van der Waals surface area contributed by atoms with Crippen LogP contribution in [-0.4, -0.2) is 11.3 Å². The second-order valence-electron chi connectivity index (χ2n) is 3.19. The van der Waals surface area contributed by atoms with E-state index in [9.17, 15) is 0 Å². The standard InChI is InChI=1S/C8H19NS/c1-5-7-10-9-8(3,4)6-2/h9H,5-7H2,1-4H3. The van der Waals surface area contributed by atoms with Gasteiger partial charge in [0.1, 0.15) is 0 Å². The van der Waals surface area contributed by atoms with Gasteiger partial charge in [0.15, 0.2) is 0 Å². The highest BCUT2D eigenvalue weighted by Crippen LogP contribution is 2.11. The van der Waals surface area contributed by atoms with Gasteiger partial charge in [-0.3, -0.25) is 4.72 Å². The predicted octanol–water partition coefficient (Wildman–Crippen LogP) is 2.82. The number of hydrogen-bond donors (Lipinski definition) is 1. The van der Waals surface area contributed by atoms with Crippen molar-refractivity contribution in [2.24, 2.45) is 0 Å². The van der Waals surface area contributed by atoms with Crippen LogP contribution in [0.15, 0.2) is 0 Å². The quantitative estimate of drug-likeness (QED) is 0.491. The lowest BCUT2D eigenvalue weighted by atomic mass is 10.0. The lowest BCUT2D eigenvalue weighted by molar-refractivity contribution is 0.464. The van der Waals surface area contributed by atoms with E-state index in [1.165, 1.54) is 18.6 Å². The first kappa shape index (κ1) is 10.3. The first-order chi connectivity index (χ1) is 4.62. The van der Waals surface area contributed by atoms with Crippen molar-refractivity contribution in [3.63, 3.8) is 0 Å². The summed E-state index contributed by atoms with van der Waals surface area (Å²) in [6, 6.07) is 0. The molecular weight excluding hydrogens is 142 g/mol. The fraction of sp³-hybridized carbons (Fsp3) is 1.00. The molecule has 2 heteroatoms. The SMILES string of the molecule is CCCSNC(C)(C)CC. The average Bonchev–Trinajstić information content (AvgIpc) is 1.89. The normalized spacial score (nSPS) is 12.0. The Morgan fingerprint density at radius 3 is 2.30 bits per heavy atom. The lowest BCUT2D eigenvalue weighted by Gasteiger charge is -2.23. The summed E-state index contributed by atoms with van der Waals surface area (Å²) in [7, 11) is 0. The average molecular weight is 161 g/mol. The maximum absolute atomic E-state index is 3.43. The van der Waals surface area contributed by atoms with Crippen molar-refractivity contribution in [2.45, 2.75) is 46.1 Å². The summed E-state index contributed by atoms with van der Waals surface area (Å²) in [6.07, 6.45) is 2.43. The molecule has 0 rings (SSSR count). The summed E-state index contributed by atoms with van der Waals surface area (Å²) < 4.78 is 3.43. The van der Waals surface area contributed by atoms with Crippen molar-refractivity contribution in [1.29, 1.82) is 0 Å². The number of hydrogen-bond acceptors (Lipinski definition) is 2. The molecule has 1 nitrogen and oxygen atoms in total. The Bertz CT molecular complexity index is 81.3. The number of rotatable bonds is 5. The molecule has 1 N–H and O–H groups in total. The molecule has 0 bridgehead atoms. The molecule has 62 valence electrons. The third-order valence-corrected chi connectivity index (χ3v) is 2.85. The second-order valence-corrected chi connectivity index (χ2v) is 4.09. The van der Waals surface area contributed by atoms with Crippen molar-refractivity contribution in [1.82, 2.24) is 4.72 Å². The van der Waals surface area contributed by atoms with Crippen LogP contribution in [0.4, 0.5) is 0 Å². The summed E-state index contributed by atoms with van der Waals surface area (Å²) in [5.74, 6) is 1.21. The Hall–Kier alpha value is 0.310. The first-order valence-electron chi connectivity index (χ1n) is 4.01. The van der Waals surface area contributed by atoms with Crippen LogP contribution >= 0.6 is 11.9 Å². The van der Waals surface area contributed by atoms with E-state index >= 15 is 0 Å². The van der Waals surface area contributed by atoms with Gasteiger partial charge in [-0.25, -0.2) is 0 Å². The van der Waals surface area contributed by atoms with Crippen molar-refractivity contribution >= 4 is 11.9 Å². The Balaban J connectivity index is 3.28. The summed E-state index contributed by atoms with van der Waals surface area (Å²) in [6.45, 7) is 8.87. The largest absolute Gasteiger partial charge is 0.259 e. The van der Waals surface area contributed by atoms with Gasteiger partial charge in [-0.15, -0.1) is 0 Å². The molecule has 0 spiro atoms. The minimum absolute atomic E-state index is 0.305. The van der Waals surface area contributed by atoms with Gasteiger partial charge in [0.25, 0.3) is 0 Å². The summed E-state index contributed by atoms with van der Waals surface area (Å²) in [4.78, 5) is 0. The Morgan fingerprint density at radius 2 is 1.90 bits per heavy atom. The summed E-state index contributed by atoms with van der Waals surface area (Å²) in [5, 5.41) is 0. The molecule has 0 atom stereocenters. The van der Waals surface area contributed by atoms with Gasteiger partial charge in [0.05, 0.1) is 0 Å². The minimum atomic E-state index is 0.305. The van der Waals surface area contributed by atoms with Crippen LogP contribution in [0.5, 0.6) is 0 Å². The Labute approximate surface area is 69.1 Å². The van der Waals surface area contributed by atoms with Gasteiger partial charge < -0.3 is 0 Å². The molecule has 0 amide bonds. The van der Waals surface area contributed by atoms with Gasteiger partial charge in [-0.1, -0.05) is 25.8 Å². The summed E-state index contributed by atoms with van der Waals surface area (Å²) >= 11 is 1.83. The topological polar surface area (TPSA) is 12.0 Å². The molecule has 10 heavy (non-hydrogen) atoms. The fourth-order valence-corrected chi connectivity index (χ4v) is 1.26. The third-order valence-electron chi connectivity index (χ3n) is 1.54. The van der Waals surface area contributed by atoms with E-state index in [4.69, 9.17) is 0 Å². The van der Waals surface area contributed by atoms with Crippen LogP contribution in [0, 0.1) is 0 Å². The van der Waals surface area contributed by atoms with E-state index in [1.807, 2.05) is 11.9 Å². The molecule has 0 radical (unpaired) electrons. The van der Waals surface area contributed by atoms with Crippen LogP contribution in [-0.2, 0) is 0 Å². The maximum Gasteiger partial charge on any atom is 0.0224 e. The molecule has 0 unspecified atom stereocenters. The molecule has 0 saturated heterocycles. The van der Waals surface area contributed by atoms with Crippen LogP contribution in [0.1, 0.15) is 40.5 Å². The smallest absolute Gasteiger partial charge is 0.0224 e. The second kappa shape index (κ2) is 5.03. The molecular formula is C8H19NS. The zero-order valence-corrected chi connectivity index (χ0v) is 8.35. The molecule has 0 aliphatic heterocycles. The lowest BCUT2D eigenvalue weighted by Crippen LogP contribution is -2.33. The van der Waals surface area contributed by atoms with E-state index < -0.39 is 0 Å².